The minimum absolute atomic E-state index is 0.0855. The molecule has 2 aliphatic rings. The molecule has 0 bridgehead atoms. The van der Waals surface area contributed by atoms with Crippen LogP contribution in [-0.2, 0) is 4.79 Å². The largest absolute Gasteiger partial charge is 0.350 e. The molecule has 2 N–H and O–H groups in total. The lowest BCUT2D eigenvalue weighted by Gasteiger charge is -2.34. The Labute approximate surface area is 142 Å². The monoisotopic (exact) mass is 333 g/mol. The quantitative estimate of drug-likeness (QED) is 0.842. The lowest BCUT2D eigenvalue weighted by Crippen LogP contribution is -2.50. The summed E-state index contributed by atoms with van der Waals surface area (Å²) in [6, 6.07) is 0.112. The number of aromatic amines is 1. The molecule has 0 saturated carbocycles. The molecule has 1 aromatic rings. The standard InChI is InChI=1S/C17H27N5O2/c1-12-13(2)18-17(20-16(12)24)22-9-5-6-14(10-22)19-15(23)11-21-7-3-4-8-21/h14H,3-11H2,1-2H3,(H,19,23)(H,18,20,24)/t14-/m1/s1. The number of carbonyl (C=O) groups excluding carboxylic acids is 1. The summed E-state index contributed by atoms with van der Waals surface area (Å²) in [6.07, 6.45) is 4.33. The van der Waals surface area contributed by atoms with Gasteiger partial charge < -0.3 is 10.2 Å². The van der Waals surface area contributed by atoms with Gasteiger partial charge in [0, 0.05) is 30.4 Å². The molecule has 7 heteroatoms. The lowest BCUT2D eigenvalue weighted by atomic mass is 10.1. The van der Waals surface area contributed by atoms with Gasteiger partial charge in [-0.1, -0.05) is 0 Å². The Bertz CT molecular complexity index is 651. The van der Waals surface area contributed by atoms with Gasteiger partial charge in [0.2, 0.25) is 11.9 Å². The summed E-state index contributed by atoms with van der Waals surface area (Å²) in [7, 11) is 0. The summed E-state index contributed by atoms with van der Waals surface area (Å²) in [4.78, 5) is 35.8. The summed E-state index contributed by atoms with van der Waals surface area (Å²) >= 11 is 0. The maximum atomic E-state index is 12.2. The number of nitrogens with zero attached hydrogens (tertiary/aromatic N) is 3. The number of piperidine rings is 1. The van der Waals surface area contributed by atoms with E-state index in [2.05, 4.69) is 25.1 Å². The predicted octanol–water partition coefficient (Wildman–Crippen LogP) is 0.568. The minimum Gasteiger partial charge on any atom is -0.350 e. The first-order chi connectivity index (χ1) is 11.5. The third kappa shape index (κ3) is 3.95. The Balaban J connectivity index is 1.59. The summed E-state index contributed by atoms with van der Waals surface area (Å²) in [5.41, 5.74) is 1.33. The number of H-pyrrole nitrogens is 1. The van der Waals surface area contributed by atoms with Gasteiger partial charge >= 0.3 is 0 Å². The van der Waals surface area contributed by atoms with Crippen molar-refractivity contribution in [1.29, 1.82) is 0 Å². The average molecular weight is 333 g/mol. The molecule has 0 spiro atoms. The van der Waals surface area contributed by atoms with Gasteiger partial charge in [0.1, 0.15) is 0 Å². The number of nitrogens with one attached hydrogen (secondary N) is 2. The molecule has 0 aromatic carbocycles. The normalized spacial score (nSPS) is 21.9. The van der Waals surface area contributed by atoms with E-state index in [0.717, 1.165) is 38.2 Å². The number of likely N-dealkylation sites (tertiary alicyclic amines) is 1. The number of amides is 1. The second-order valence-corrected chi connectivity index (χ2v) is 6.94. The average Bonchev–Trinajstić information content (AvgIpc) is 3.05. The first kappa shape index (κ1) is 17.0. The number of hydrogen-bond acceptors (Lipinski definition) is 5. The van der Waals surface area contributed by atoms with Gasteiger partial charge in [-0.25, -0.2) is 4.98 Å². The van der Waals surface area contributed by atoms with E-state index in [-0.39, 0.29) is 17.5 Å². The third-order valence-electron chi connectivity index (χ3n) is 5.03. The molecule has 2 saturated heterocycles. The number of rotatable bonds is 4. The van der Waals surface area contributed by atoms with E-state index in [4.69, 9.17) is 0 Å². The van der Waals surface area contributed by atoms with Gasteiger partial charge in [0.25, 0.3) is 5.56 Å². The number of hydrogen-bond donors (Lipinski definition) is 2. The minimum atomic E-state index is -0.0855. The summed E-state index contributed by atoms with van der Waals surface area (Å²) < 4.78 is 0. The van der Waals surface area contributed by atoms with Crippen LogP contribution in [0.25, 0.3) is 0 Å². The van der Waals surface area contributed by atoms with Gasteiger partial charge in [-0.3, -0.25) is 19.5 Å². The Morgan fingerprint density at radius 1 is 1.25 bits per heavy atom. The lowest BCUT2D eigenvalue weighted by molar-refractivity contribution is -0.122. The van der Waals surface area contributed by atoms with Gasteiger partial charge in [-0.15, -0.1) is 0 Å². The van der Waals surface area contributed by atoms with Crippen molar-refractivity contribution in [3.05, 3.63) is 21.6 Å². The smallest absolute Gasteiger partial charge is 0.255 e. The van der Waals surface area contributed by atoms with Crippen molar-refractivity contribution in [3.63, 3.8) is 0 Å². The summed E-state index contributed by atoms with van der Waals surface area (Å²) in [5.74, 6) is 0.715. The molecule has 3 heterocycles. The van der Waals surface area contributed by atoms with Crippen LogP contribution in [0.5, 0.6) is 0 Å². The van der Waals surface area contributed by atoms with E-state index in [0.29, 0.717) is 24.6 Å². The molecule has 2 aliphatic heterocycles. The zero-order valence-electron chi connectivity index (χ0n) is 14.6. The Hall–Kier alpha value is -1.89. The van der Waals surface area contributed by atoms with E-state index in [9.17, 15) is 9.59 Å². The van der Waals surface area contributed by atoms with Crippen molar-refractivity contribution in [3.8, 4) is 0 Å². The number of anilines is 1. The van der Waals surface area contributed by atoms with Crippen molar-refractivity contribution in [2.75, 3.05) is 37.6 Å². The van der Waals surface area contributed by atoms with Crippen molar-refractivity contribution in [1.82, 2.24) is 20.2 Å². The van der Waals surface area contributed by atoms with Gasteiger partial charge in [0.05, 0.1) is 6.54 Å². The highest BCUT2D eigenvalue weighted by Gasteiger charge is 2.24. The number of carbonyl (C=O) groups is 1. The highest BCUT2D eigenvalue weighted by atomic mass is 16.2. The zero-order chi connectivity index (χ0) is 17.1. The van der Waals surface area contributed by atoms with E-state index in [1.165, 1.54) is 12.8 Å². The van der Waals surface area contributed by atoms with Gasteiger partial charge in [-0.05, 0) is 52.6 Å². The van der Waals surface area contributed by atoms with Crippen LogP contribution in [0.1, 0.15) is 36.9 Å². The summed E-state index contributed by atoms with van der Waals surface area (Å²) in [5, 5.41) is 3.14. The second kappa shape index (κ2) is 7.34. The van der Waals surface area contributed by atoms with Gasteiger partial charge in [-0.2, -0.15) is 0 Å². The molecule has 1 amide bonds. The molecule has 132 valence electrons. The molecular weight excluding hydrogens is 306 g/mol. The summed E-state index contributed by atoms with van der Waals surface area (Å²) in [6.45, 7) is 7.72. The molecule has 7 nitrogen and oxygen atoms in total. The molecule has 3 rings (SSSR count). The molecule has 0 aliphatic carbocycles. The van der Waals surface area contributed by atoms with Crippen LogP contribution in [0, 0.1) is 13.8 Å². The maximum absolute atomic E-state index is 12.2. The topological polar surface area (TPSA) is 81.3 Å². The number of aromatic nitrogens is 2. The van der Waals surface area contributed by atoms with Crippen LogP contribution >= 0.6 is 0 Å². The van der Waals surface area contributed by atoms with Crippen molar-refractivity contribution in [2.45, 2.75) is 45.6 Å². The Morgan fingerprint density at radius 2 is 2.00 bits per heavy atom. The predicted molar refractivity (Wildman–Crippen MR) is 93.4 cm³/mol. The molecule has 24 heavy (non-hydrogen) atoms. The third-order valence-corrected chi connectivity index (χ3v) is 5.03. The maximum Gasteiger partial charge on any atom is 0.255 e. The molecule has 0 radical (unpaired) electrons. The van der Waals surface area contributed by atoms with E-state index < -0.39 is 0 Å². The van der Waals surface area contributed by atoms with Crippen molar-refractivity contribution in [2.24, 2.45) is 0 Å². The number of aryl methyl sites for hydroxylation is 1. The van der Waals surface area contributed by atoms with E-state index >= 15 is 0 Å². The molecular formula is C17H27N5O2. The van der Waals surface area contributed by atoms with E-state index in [1.807, 2.05) is 6.92 Å². The Morgan fingerprint density at radius 3 is 2.71 bits per heavy atom. The van der Waals surface area contributed by atoms with Crippen LogP contribution in [-0.4, -0.2) is 59.5 Å². The fourth-order valence-corrected chi connectivity index (χ4v) is 3.48. The SMILES string of the molecule is Cc1nc(N2CCC[C@@H](NC(=O)CN3CCCC3)C2)[nH]c(=O)c1C. The highest BCUT2D eigenvalue weighted by Crippen LogP contribution is 2.16. The van der Waals surface area contributed by atoms with Crippen LogP contribution in [0.15, 0.2) is 4.79 Å². The van der Waals surface area contributed by atoms with Crippen LogP contribution in [0.4, 0.5) is 5.95 Å². The highest BCUT2D eigenvalue weighted by molar-refractivity contribution is 5.78. The van der Waals surface area contributed by atoms with Crippen molar-refractivity contribution >= 4 is 11.9 Å². The first-order valence-electron chi connectivity index (χ1n) is 8.87. The van der Waals surface area contributed by atoms with Crippen LogP contribution in [0.2, 0.25) is 0 Å². The first-order valence-corrected chi connectivity index (χ1v) is 8.87. The molecule has 1 aromatic heterocycles. The Kier molecular flexibility index (Phi) is 5.18. The molecule has 0 unspecified atom stereocenters. The fourth-order valence-electron chi connectivity index (χ4n) is 3.48. The van der Waals surface area contributed by atoms with Crippen molar-refractivity contribution < 1.29 is 4.79 Å². The second-order valence-electron chi connectivity index (χ2n) is 6.94. The van der Waals surface area contributed by atoms with E-state index in [1.54, 1.807) is 6.92 Å². The zero-order valence-corrected chi connectivity index (χ0v) is 14.6. The van der Waals surface area contributed by atoms with Crippen LogP contribution < -0.4 is 15.8 Å². The molecule has 2 fully saturated rings. The fraction of sp³-hybridized carbons (Fsp3) is 0.706. The van der Waals surface area contributed by atoms with Gasteiger partial charge in [0.15, 0.2) is 0 Å². The molecule has 1 atom stereocenters. The van der Waals surface area contributed by atoms with Crippen LogP contribution in [0.3, 0.4) is 0 Å².